The van der Waals surface area contributed by atoms with E-state index in [1.165, 1.54) is 0 Å². The van der Waals surface area contributed by atoms with E-state index in [1.807, 2.05) is 47.7 Å². The first-order chi connectivity index (χ1) is 14.2. The predicted molar refractivity (Wildman–Crippen MR) is 117 cm³/mol. The average molecular weight is 451 g/mol. The van der Waals surface area contributed by atoms with Crippen LogP contribution < -0.4 is 0 Å². The summed E-state index contributed by atoms with van der Waals surface area (Å²) in [4.78, 5) is 17.3. The molecule has 0 unspecified atom stereocenters. The van der Waals surface area contributed by atoms with Crippen molar-refractivity contribution >= 4 is 27.3 Å². The van der Waals surface area contributed by atoms with Gasteiger partial charge in [0.05, 0.1) is 29.3 Å². The summed E-state index contributed by atoms with van der Waals surface area (Å²) in [7, 11) is -2.90. The van der Waals surface area contributed by atoms with Crippen molar-refractivity contribution in [1.29, 1.82) is 0 Å². The standard InChI is InChI=1S/C21H27ClN4O3S/c1-15-20(16(2)26(23-15)13-17-5-3-4-6-19(17)22)21(27)25-10-8-24(9-11-25)18-7-12-30(28,29)14-18/h3-6,18H,7-14H2,1-2H3/t18-/m1/s1. The first-order valence-corrected chi connectivity index (χ1v) is 12.5. The van der Waals surface area contributed by atoms with E-state index in [1.54, 1.807) is 0 Å². The maximum atomic E-state index is 13.2. The van der Waals surface area contributed by atoms with E-state index in [9.17, 15) is 13.2 Å². The van der Waals surface area contributed by atoms with Crippen LogP contribution in [0.3, 0.4) is 0 Å². The van der Waals surface area contributed by atoms with Gasteiger partial charge in [-0.2, -0.15) is 5.10 Å². The lowest BCUT2D eigenvalue weighted by atomic mass is 10.1. The quantitative estimate of drug-likeness (QED) is 0.713. The molecule has 0 N–H and O–H groups in total. The van der Waals surface area contributed by atoms with Crippen LogP contribution in [0.4, 0.5) is 0 Å². The molecule has 0 bridgehead atoms. The highest BCUT2D eigenvalue weighted by atomic mass is 35.5. The topological polar surface area (TPSA) is 75.5 Å². The van der Waals surface area contributed by atoms with E-state index in [4.69, 9.17) is 11.6 Å². The van der Waals surface area contributed by atoms with E-state index in [-0.39, 0.29) is 23.5 Å². The molecule has 2 aliphatic heterocycles. The summed E-state index contributed by atoms with van der Waals surface area (Å²) in [6.07, 6.45) is 0.698. The van der Waals surface area contributed by atoms with Gasteiger partial charge < -0.3 is 4.90 Å². The van der Waals surface area contributed by atoms with Crippen molar-refractivity contribution in [1.82, 2.24) is 19.6 Å². The highest BCUT2D eigenvalue weighted by Crippen LogP contribution is 2.23. The zero-order valence-electron chi connectivity index (χ0n) is 17.3. The van der Waals surface area contributed by atoms with Crippen LogP contribution in [0.15, 0.2) is 24.3 Å². The number of aryl methyl sites for hydroxylation is 1. The van der Waals surface area contributed by atoms with Crippen molar-refractivity contribution in [2.75, 3.05) is 37.7 Å². The SMILES string of the molecule is Cc1nn(Cc2ccccc2Cl)c(C)c1C(=O)N1CCN([C@@H]2CCS(=O)(=O)C2)CC1. The summed E-state index contributed by atoms with van der Waals surface area (Å²) in [5.41, 5.74) is 3.17. The van der Waals surface area contributed by atoms with Gasteiger partial charge >= 0.3 is 0 Å². The molecule has 1 aromatic heterocycles. The highest BCUT2D eigenvalue weighted by molar-refractivity contribution is 7.91. The molecular formula is C21H27ClN4O3S. The highest BCUT2D eigenvalue weighted by Gasteiger charge is 2.35. The van der Waals surface area contributed by atoms with Crippen molar-refractivity contribution in [2.45, 2.75) is 32.9 Å². The Kier molecular flexibility index (Phi) is 5.92. The number of hydrogen-bond acceptors (Lipinski definition) is 5. The van der Waals surface area contributed by atoms with Crippen LogP contribution in [0.1, 0.15) is 33.7 Å². The maximum Gasteiger partial charge on any atom is 0.257 e. The molecule has 0 spiro atoms. The van der Waals surface area contributed by atoms with Crippen LogP contribution in [0.5, 0.6) is 0 Å². The minimum absolute atomic E-state index is 0.00546. The monoisotopic (exact) mass is 450 g/mol. The molecule has 0 aliphatic carbocycles. The first-order valence-electron chi connectivity index (χ1n) is 10.3. The summed E-state index contributed by atoms with van der Waals surface area (Å²) in [5, 5.41) is 5.27. The lowest BCUT2D eigenvalue weighted by Crippen LogP contribution is -2.52. The molecule has 0 saturated carbocycles. The number of carbonyl (C=O) groups is 1. The lowest BCUT2D eigenvalue weighted by Gasteiger charge is -2.37. The third-order valence-electron chi connectivity index (χ3n) is 6.20. The van der Waals surface area contributed by atoms with Crippen LogP contribution in [0.2, 0.25) is 5.02 Å². The van der Waals surface area contributed by atoms with Gasteiger partial charge in [-0.05, 0) is 31.9 Å². The molecule has 1 atom stereocenters. The molecule has 2 aliphatic rings. The Morgan fingerprint density at radius 2 is 1.87 bits per heavy atom. The van der Waals surface area contributed by atoms with Crippen molar-refractivity contribution < 1.29 is 13.2 Å². The lowest BCUT2D eigenvalue weighted by molar-refractivity contribution is 0.0586. The van der Waals surface area contributed by atoms with Crippen LogP contribution >= 0.6 is 11.6 Å². The zero-order chi connectivity index (χ0) is 21.5. The molecule has 9 heteroatoms. The second kappa shape index (κ2) is 8.32. The largest absolute Gasteiger partial charge is 0.336 e. The molecule has 2 aromatic rings. The Labute approximate surface area is 182 Å². The average Bonchev–Trinajstić information content (AvgIpc) is 3.21. The minimum Gasteiger partial charge on any atom is -0.336 e. The molecule has 7 nitrogen and oxygen atoms in total. The van der Waals surface area contributed by atoms with Gasteiger partial charge in [0.2, 0.25) is 0 Å². The molecule has 1 amide bonds. The Morgan fingerprint density at radius 1 is 1.17 bits per heavy atom. The smallest absolute Gasteiger partial charge is 0.257 e. The Balaban J connectivity index is 1.44. The van der Waals surface area contributed by atoms with Crippen LogP contribution in [0.25, 0.3) is 0 Å². The Morgan fingerprint density at radius 3 is 2.50 bits per heavy atom. The second-order valence-corrected chi connectivity index (χ2v) is 10.8. The molecule has 1 aromatic carbocycles. The van der Waals surface area contributed by atoms with Gasteiger partial charge in [0.25, 0.3) is 5.91 Å². The van der Waals surface area contributed by atoms with Gasteiger partial charge in [-0.25, -0.2) is 8.42 Å². The molecular weight excluding hydrogens is 424 g/mol. The number of benzene rings is 1. The predicted octanol–water partition coefficient (Wildman–Crippen LogP) is 2.15. The van der Waals surface area contributed by atoms with Crippen molar-refractivity contribution in [3.63, 3.8) is 0 Å². The summed E-state index contributed by atoms with van der Waals surface area (Å²) < 4.78 is 25.4. The van der Waals surface area contributed by atoms with E-state index in [0.717, 1.165) is 11.3 Å². The fourth-order valence-corrected chi connectivity index (χ4v) is 6.42. The summed E-state index contributed by atoms with van der Waals surface area (Å²) >= 11 is 6.28. The van der Waals surface area contributed by atoms with E-state index < -0.39 is 9.84 Å². The normalized spacial score (nSPS) is 21.8. The number of rotatable bonds is 4. The van der Waals surface area contributed by atoms with Crippen LogP contribution in [-0.4, -0.2) is 77.6 Å². The molecule has 2 saturated heterocycles. The maximum absolute atomic E-state index is 13.2. The van der Waals surface area contributed by atoms with Gasteiger partial charge in [-0.3, -0.25) is 14.4 Å². The van der Waals surface area contributed by atoms with Crippen molar-refractivity contribution in [3.05, 3.63) is 51.8 Å². The fraction of sp³-hybridized carbons (Fsp3) is 0.524. The number of piperazine rings is 1. The van der Waals surface area contributed by atoms with Crippen molar-refractivity contribution in [3.8, 4) is 0 Å². The summed E-state index contributed by atoms with van der Waals surface area (Å²) in [5.74, 6) is 0.516. The Bertz CT molecular complexity index is 1060. The third kappa shape index (κ3) is 4.26. The minimum atomic E-state index is -2.90. The third-order valence-corrected chi connectivity index (χ3v) is 8.32. The van der Waals surface area contributed by atoms with Gasteiger partial charge in [0, 0.05) is 42.9 Å². The molecule has 30 heavy (non-hydrogen) atoms. The van der Waals surface area contributed by atoms with Gasteiger partial charge in [-0.15, -0.1) is 0 Å². The number of halogens is 1. The van der Waals surface area contributed by atoms with E-state index in [2.05, 4.69) is 10.00 Å². The fourth-order valence-electron chi connectivity index (χ4n) is 4.46. The summed E-state index contributed by atoms with van der Waals surface area (Å²) in [6, 6.07) is 7.73. The van der Waals surface area contributed by atoms with Crippen molar-refractivity contribution in [2.24, 2.45) is 0 Å². The first kappa shape index (κ1) is 21.3. The molecule has 3 heterocycles. The molecule has 0 radical (unpaired) electrons. The van der Waals surface area contributed by atoms with Crippen LogP contribution in [0, 0.1) is 13.8 Å². The zero-order valence-corrected chi connectivity index (χ0v) is 18.9. The number of hydrogen-bond donors (Lipinski definition) is 0. The molecule has 162 valence electrons. The second-order valence-electron chi connectivity index (χ2n) is 8.18. The van der Waals surface area contributed by atoms with E-state index in [0.29, 0.717) is 55.4 Å². The molecule has 2 fully saturated rings. The Hall–Kier alpha value is -1.90. The van der Waals surface area contributed by atoms with E-state index >= 15 is 0 Å². The number of carbonyl (C=O) groups excluding carboxylic acids is 1. The van der Waals surface area contributed by atoms with Gasteiger partial charge in [-0.1, -0.05) is 29.8 Å². The van der Waals surface area contributed by atoms with Crippen LogP contribution in [-0.2, 0) is 16.4 Å². The number of sulfone groups is 1. The number of aromatic nitrogens is 2. The number of nitrogens with zero attached hydrogens (tertiary/aromatic N) is 4. The van der Waals surface area contributed by atoms with Gasteiger partial charge in [0.15, 0.2) is 9.84 Å². The summed E-state index contributed by atoms with van der Waals surface area (Å²) in [6.45, 7) is 6.92. The molecule has 4 rings (SSSR count). The number of amides is 1. The van der Waals surface area contributed by atoms with Gasteiger partial charge in [0.1, 0.15) is 0 Å².